The van der Waals surface area contributed by atoms with Crippen molar-refractivity contribution in [2.75, 3.05) is 11.9 Å². The molecule has 1 aromatic heterocycles. The first-order valence-corrected chi connectivity index (χ1v) is 9.00. The van der Waals surface area contributed by atoms with Crippen LogP contribution >= 0.6 is 0 Å². The molecule has 2 aromatic carbocycles. The van der Waals surface area contributed by atoms with Crippen LogP contribution in [-0.2, 0) is 0 Å². The van der Waals surface area contributed by atoms with Gasteiger partial charge in [-0.1, -0.05) is 30.3 Å². The van der Waals surface area contributed by atoms with E-state index in [1.54, 1.807) is 37.3 Å². The highest BCUT2D eigenvalue weighted by Crippen LogP contribution is 2.28. The maximum Gasteiger partial charge on any atom is 0.322 e. The molecule has 5 nitrogen and oxygen atoms in total. The van der Waals surface area contributed by atoms with E-state index in [0.717, 1.165) is 4.90 Å². The number of rotatable bonds is 5. The first-order chi connectivity index (χ1) is 13.8. The standard InChI is InChI=1S/C21H20F3N3O2/c1-12-6-5-9-17(19(12)24)26-21(29)27(11-18(22)23)13(2)16-10-25-20(28)15-8-4-3-7-14(15)16/h3-10,13,18H,11H2,1-2H3,(H,25,28)(H,26,29). The number of hydrogen-bond donors (Lipinski definition) is 2. The minimum Gasteiger partial charge on any atom is -0.328 e. The maximum absolute atomic E-state index is 14.2. The molecular formula is C21H20F3N3O2. The van der Waals surface area contributed by atoms with E-state index in [-0.39, 0.29) is 11.2 Å². The molecule has 8 heteroatoms. The summed E-state index contributed by atoms with van der Waals surface area (Å²) in [6, 6.07) is 9.51. The minimum atomic E-state index is -2.79. The lowest BCUT2D eigenvalue weighted by molar-refractivity contribution is 0.0884. The lowest BCUT2D eigenvalue weighted by Gasteiger charge is -2.30. The molecule has 152 valence electrons. The van der Waals surface area contributed by atoms with Crippen molar-refractivity contribution in [2.45, 2.75) is 26.3 Å². The number of nitrogens with one attached hydrogen (secondary N) is 2. The van der Waals surface area contributed by atoms with Crippen molar-refractivity contribution in [3.8, 4) is 0 Å². The Balaban J connectivity index is 1.98. The smallest absolute Gasteiger partial charge is 0.322 e. The fourth-order valence-corrected chi connectivity index (χ4v) is 3.24. The Morgan fingerprint density at radius 2 is 1.83 bits per heavy atom. The third kappa shape index (κ3) is 4.26. The highest BCUT2D eigenvalue weighted by Gasteiger charge is 2.27. The summed E-state index contributed by atoms with van der Waals surface area (Å²) in [4.78, 5) is 28.3. The lowest BCUT2D eigenvalue weighted by atomic mass is 10.0. The largest absolute Gasteiger partial charge is 0.328 e. The van der Waals surface area contributed by atoms with Crippen molar-refractivity contribution >= 4 is 22.5 Å². The fraction of sp³-hybridized carbons (Fsp3) is 0.238. The third-order valence-corrected chi connectivity index (χ3v) is 4.79. The van der Waals surface area contributed by atoms with E-state index in [1.165, 1.54) is 25.3 Å². The topological polar surface area (TPSA) is 65.2 Å². The van der Waals surface area contributed by atoms with Gasteiger partial charge in [-0.05, 0) is 42.5 Å². The quantitative estimate of drug-likeness (QED) is 0.641. The summed E-state index contributed by atoms with van der Waals surface area (Å²) in [5.74, 6) is -0.625. The normalized spacial score (nSPS) is 12.2. The molecule has 0 bridgehead atoms. The van der Waals surface area contributed by atoms with E-state index < -0.39 is 30.9 Å². The van der Waals surface area contributed by atoms with Gasteiger partial charge >= 0.3 is 6.03 Å². The zero-order valence-corrected chi connectivity index (χ0v) is 15.9. The Bertz CT molecular complexity index is 1100. The molecule has 0 radical (unpaired) electrons. The number of urea groups is 1. The number of H-pyrrole nitrogens is 1. The zero-order valence-electron chi connectivity index (χ0n) is 15.9. The van der Waals surface area contributed by atoms with E-state index in [2.05, 4.69) is 10.3 Å². The van der Waals surface area contributed by atoms with Crippen molar-refractivity contribution in [2.24, 2.45) is 0 Å². The highest BCUT2D eigenvalue weighted by molar-refractivity contribution is 5.91. The van der Waals surface area contributed by atoms with Gasteiger partial charge in [0.2, 0.25) is 0 Å². The van der Waals surface area contributed by atoms with Gasteiger partial charge in [0.1, 0.15) is 5.82 Å². The SMILES string of the molecule is Cc1cccc(NC(=O)N(CC(F)F)C(C)c2c[nH]c(=O)c3ccccc23)c1F. The van der Waals surface area contributed by atoms with Crippen LogP contribution in [-0.4, -0.2) is 28.9 Å². The van der Waals surface area contributed by atoms with Gasteiger partial charge in [-0.2, -0.15) is 0 Å². The molecule has 3 aromatic rings. The van der Waals surface area contributed by atoms with E-state index >= 15 is 0 Å². The molecule has 1 unspecified atom stereocenters. The molecule has 29 heavy (non-hydrogen) atoms. The van der Waals surface area contributed by atoms with Crippen molar-refractivity contribution in [1.29, 1.82) is 0 Å². The van der Waals surface area contributed by atoms with Crippen LogP contribution in [0, 0.1) is 12.7 Å². The van der Waals surface area contributed by atoms with Crippen molar-refractivity contribution in [1.82, 2.24) is 9.88 Å². The number of benzene rings is 2. The summed E-state index contributed by atoms with van der Waals surface area (Å²) in [6.07, 6.45) is -1.38. The second kappa shape index (κ2) is 8.38. The summed E-state index contributed by atoms with van der Waals surface area (Å²) in [5.41, 5.74) is 0.416. The Morgan fingerprint density at radius 1 is 1.14 bits per heavy atom. The first-order valence-electron chi connectivity index (χ1n) is 9.00. The molecule has 2 amide bonds. The lowest BCUT2D eigenvalue weighted by Crippen LogP contribution is -2.40. The number of halogens is 3. The average Bonchev–Trinajstić information content (AvgIpc) is 2.69. The van der Waals surface area contributed by atoms with Gasteiger partial charge in [0.25, 0.3) is 12.0 Å². The Labute approximate surface area is 165 Å². The number of carbonyl (C=O) groups excluding carboxylic acids is 1. The molecular weight excluding hydrogens is 383 g/mol. The van der Waals surface area contributed by atoms with Gasteiger partial charge < -0.3 is 15.2 Å². The van der Waals surface area contributed by atoms with E-state index in [9.17, 15) is 22.8 Å². The minimum absolute atomic E-state index is 0.0900. The second-order valence-corrected chi connectivity index (χ2v) is 6.70. The molecule has 1 heterocycles. The van der Waals surface area contributed by atoms with Crippen LogP contribution < -0.4 is 10.9 Å². The number of amides is 2. The number of alkyl halides is 2. The van der Waals surface area contributed by atoms with Crippen molar-refractivity contribution in [3.63, 3.8) is 0 Å². The Hall–Kier alpha value is -3.29. The molecule has 3 rings (SSSR count). The van der Waals surface area contributed by atoms with E-state index in [4.69, 9.17) is 0 Å². The van der Waals surface area contributed by atoms with Crippen molar-refractivity contribution < 1.29 is 18.0 Å². The molecule has 0 aliphatic carbocycles. The highest BCUT2D eigenvalue weighted by atomic mass is 19.3. The van der Waals surface area contributed by atoms with Gasteiger partial charge in [0, 0.05) is 11.6 Å². The molecule has 0 aliphatic heterocycles. The number of pyridine rings is 1. The number of fused-ring (bicyclic) bond motifs is 1. The van der Waals surface area contributed by atoms with E-state index in [0.29, 0.717) is 21.9 Å². The van der Waals surface area contributed by atoms with Crippen LogP contribution in [0.1, 0.15) is 24.1 Å². The maximum atomic E-state index is 14.2. The number of aromatic nitrogens is 1. The van der Waals surface area contributed by atoms with Crippen LogP contribution in [0.4, 0.5) is 23.7 Å². The number of nitrogens with zero attached hydrogens (tertiary/aromatic N) is 1. The molecule has 0 saturated carbocycles. The second-order valence-electron chi connectivity index (χ2n) is 6.70. The van der Waals surface area contributed by atoms with E-state index in [1.807, 2.05) is 0 Å². The predicted octanol–water partition coefficient (Wildman–Crippen LogP) is 4.84. The van der Waals surface area contributed by atoms with Gasteiger partial charge in [-0.25, -0.2) is 18.0 Å². The number of carbonyl (C=O) groups is 1. The Kier molecular flexibility index (Phi) is 5.91. The van der Waals surface area contributed by atoms with Gasteiger partial charge in [-0.15, -0.1) is 0 Å². The molecule has 2 N–H and O–H groups in total. The monoisotopic (exact) mass is 403 g/mol. The molecule has 0 aliphatic rings. The molecule has 1 atom stereocenters. The Morgan fingerprint density at radius 3 is 2.52 bits per heavy atom. The summed E-state index contributed by atoms with van der Waals surface area (Å²) in [7, 11) is 0. The van der Waals surface area contributed by atoms with Crippen LogP contribution in [0.15, 0.2) is 53.5 Å². The van der Waals surface area contributed by atoms with Crippen LogP contribution in [0.5, 0.6) is 0 Å². The van der Waals surface area contributed by atoms with Crippen LogP contribution in [0.25, 0.3) is 10.8 Å². The summed E-state index contributed by atoms with van der Waals surface area (Å²) in [5, 5.41) is 3.31. The number of hydrogen-bond acceptors (Lipinski definition) is 2. The van der Waals surface area contributed by atoms with Crippen LogP contribution in [0.2, 0.25) is 0 Å². The number of aromatic amines is 1. The zero-order chi connectivity index (χ0) is 21.1. The average molecular weight is 403 g/mol. The summed E-state index contributed by atoms with van der Waals surface area (Å²) < 4.78 is 40.7. The number of anilines is 1. The predicted molar refractivity (Wildman–Crippen MR) is 106 cm³/mol. The number of aryl methyl sites for hydroxylation is 1. The van der Waals surface area contributed by atoms with Gasteiger partial charge in [0.15, 0.2) is 0 Å². The fourth-order valence-electron chi connectivity index (χ4n) is 3.24. The molecule has 0 fully saturated rings. The van der Waals surface area contributed by atoms with Crippen molar-refractivity contribution in [3.05, 3.63) is 76.0 Å². The summed E-state index contributed by atoms with van der Waals surface area (Å²) in [6.45, 7) is 2.26. The summed E-state index contributed by atoms with van der Waals surface area (Å²) >= 11 is 0. The third-order valence-electron chi connectivity index (χ3n) is 4.79. The van der Waals surface area contributed by atoms with Crippen LogP contribution in [0.3, 0.4) is 0 Å². The van der Waals surface area contributed by atoms with Gasteiger partial charge in [-0.3, -0.25) is 4.79 Å². The molecule has 0 saturated heterocycles. The molecule has 0 spiro atoms. The van der Waals surface area contributed by atoms with Gasteiger partial charge in [0.05, 0.1) is 18.3 Å². The first kappa shape index (κ1) is 20.4.